The van der Waals surface area contributed by atoms with Crippen LogP contribution in [0.4, 0.5) is 5.69 Å². The van der Waals surface area contributed by atoms with Crippen molar-refractivity contribution in [3.63, 3.8) is 0 Å². The summed E-state index contributed by atoms with van der Waals surface area (Å²) in [7, 11) is 1.81. The lowest BCUT2D eigenvalue weighted by Gasteiger charge is -2.29. The summed E-state index contributed by atoms with van der Waals surface area (Å²) in [5, 5.41) is 6.97. The fourth-order valence-corrected chi connectivity index (χ4v) is 2.88. The van der Waals surface area contributed by atoms with Gasteiger partial charge in [0.25, 0.3) is 0 Å². The topological polar surface area (TPSA) is 93.2 Å². The maximum absolute atomic E-state index is 12.5. The lowest BCUT2D eigenvalue weighted by molar-refractivity contribution is -0.134. The van der Waals surface area contributed by atoms with Gasteiger partial charge in [-0.15, -0.1) is 0 Å². The van der Waals surface area contributed by atoms with Crippen molar-refractivity contribution in [2.45, 2.75) is 39.2 Å². The van der Waals surface area contributed by atoms with Gasteiger partial charge in [-0.1, -0.05) is 13.8 Å². The summed E-state index contributed by atoms with van der Waals surface area (Å²) in [5.74, 6) is -0.203. The van der Waals surface area contributed by atoms with Crippen LogP contribution in [-0.4, -0.2) is 40.7 Å². The van der Waals surface area contributed by atoms with Crippen molar-refractivity contribution in [2.24, 2.45) is 18.2 Å². The van der Waals surface area contributed by atoms with Crippen LogP contribution in [0, 0.1) is 5.41 Å². The van der Waals surface area contributed by atoms with E-state index in [-0.39, 0.29) is 11.8 Å². The van der Waals surface area contributed by atoms with Crippen LogP contribution in [0.5, 0.6) is 0 Å². The van der Waals surface area contributed by atoms with E-state index in [1.807, 2.05) is 13.8 Å². The number of nitrogens with one attached hydrogen (secondary N) is 1. The maximum Gasteiger partial charge on any atom is 0.249 e. The molecule has 0 saturated carbocycles. The van der Waals surface area contributed by atoms with Crippen LogP contribution in [0.1, 0.15) is 33.1 Å². The lowest BCUT2D eigenvalue weighted by atomic mass is 9.81. The van der Waals surface area contributed by atoms with Crippen molar-refractivity contribution in [3.05, 3.63) is 12.4 Å². The first kappa shape index (κ1) is 16.5. The van der Waals surface area contributed by atoms with Crippen molar-refractivity contribution >= 4 is 17.5 Å². The molecule has 1 unspecified atom stereocenters. The van der Waals surface area contributed by atoms with E-state index < -0.39 is 11.5 Å². The monoisotopic (exact) mass is 307 g/mol. The minimum Gasteiger partial charge on any atom is -0.344 e. The third-order valence-electron chi connectivity index (χ3n) is 4.74. The van der Waals surface area contributed by atoms with Crippen molar-refractivity contribution in [1.82, 2.24) is 15.1 Å². The van der Waals surface area contributed by atoms with E-state index >= 15 is 0 Å². The van der Waals surface area contributed by atoms with E-state index in [1.54, 1.807) is 29.0 Å². The average molecular weight is 307 g/mol. The van der Waals surface area contributed by atoms with Crippen LogP contribution in [0.3, 0.4) is 0 Å². The first-order valence-electron chi connectivity index (χ1n) is 7.78. The van der Waals surface area contributed by atoms with Gasteiger partial charge in [0.1, 0.15) is 6.04 Å². The number of anilines is 1. The van der Waals surface area contributed by atoms with Crippen LogP contribution in [0.2, 0.25) is 0 Å². The Morgan fingerprint density at radius 2 is 2.18 bits per heavy atom. The molecule has 2 amide bonds. The zero-order chi connectivity index (χ0) is 16.3. The van der Waals surface area contributed by atoms with Gasteiger partial charge >= 0.3 is 0 Å². The number of nitrogens with zero attached hydrogens (tertiary/aromatic N) is 3. The minimum absolute atomic E-state index is 0.0838. The highest BCUT2D eigenvalue weighted by Crippen LogP contribution is 2.27. The fraction of sp³-hybridized carbons (Fsp3) is 0.667. The number of amides is 2. The van der Waals surface area contributed by atoms with E-state index in [0.717, 1.165) is 5.69 Å². The standard InChI is InChI=1S/C15H25N5O2/c1-4-15(5-2,10-16)14(22)18-12-6-7-20(13(12)21)11-8-17-19(3)9-11/h8-9,12H,4-7,10,16H2,1-3H3,(H,18,22). The van der Waals surface area contributed by atoms with Crippen molar-refractivity contribution < 1.29 is 9.59 Å². The normalized spacial score (nSPS) is 18.8. The second-order valence-electron chi connectivity index (χ2n) is 5.87. The molecule has 7 heteroatoms. The predicted molar refractivity (Wildman–Crippen MR) is 84.2 cm³/mol. The summed E-state index contributed by atoms with van der Waals surface area (Å²) in [6, 6.07) is -0.475. The van der Waals surface area contributed by atoms with Gasteiger partial charge in [-0.25, -0.2) is 0 Å². The number of nitrogens with two attached hydrogens (primary N) is 1. The molecule has 1 atom stereocenters. The number of aromatic nitrogens is 2. The number of aryl methyl sites for hydroxylation is 1. The number of hydrogen-bond acceptors (Lipinski definition) is 4. The summed E-state index contributed by atoms with van der Waals surface area (Å²) < 4.78 is 1.65. The minimum atomic E-state index is -0.581. The van der Waals surface area contributed by atoms with Gasteiger partial charge < -0.3 is 16.0 Å². The van der Waals surface area contributed by atoms with Crippen LogP contribution in [0.25, 0.3) is 0 Å². The molecule has 1 aliphatic rings. The molecule has 0 spiro atoms. The third-order valence-corrected chi connectivity index (χ3v) is 4.74. The number of carbonyl (C=O) groups is 2. The summed E-state index contributed by atoms with van der Waals surface area (Å²) in [5.41, 5.74) is 5.98. The summed E-state index contributed by atoms with van der Waals surface area (Å²) in [4.78, 5) is 26.7. The molecule has 22 heavy (non-hydrogen) atoms. The summed E-state index contributed by atoms with van der Waals surface area (Å²) >= 11 is 0. The Morgan fingerprint density at radius 3 is 2.68 bits per heavy atom. The van der Waals surface area contributed by atoms with Crippen molar-refractivity contribution in [1.29, 1.82) is 0 Å². The molecular formula is C15H25N5O2. The molecule has 1 fully saturated rings. The Hall–Kier alpha value is -1.89. The van der Waals surface area contributed by atoms with E-state index in [4.69, 9.17) is 5.73 Å². The molecule has 3 N–H and O–H groups in total. The fourth-order valence-electron chi connectivity index (χ4n) is 2.88. The quantitative estimate of drug-likeness (QED) is 0.796. The zero-order valence-corrected chi connectivity index (χ0v) is 13.5. The molecule has 0 bridgehead atoms. The lowest BCUT2D eigenvalue weighted by Crippen LogP contribution is -2.51. The van der Waals surface area contributed by atoms with Crippen LogP contribution >= 0.6 is 0 Å². The molecule has 1 aromatic rings. The Labute approximate surface area is 130 Å². The van der Waals surface area contributed by atoms with Gasteiger partial charge in [-0.3, -0.25) is 14.3 Å². The van der Waals surface area contributed by atoms with E-state index in [0.29, 0.717) is 32.4 Å². The van der Waals surface area contributed by atoms with Gasteiger partial charge in [0.2, 0.25) is 11.8 Å². The number of hydrogen-bond donors (Lipinski definition) is 2. The third kappa shape index (κ3) is 2.85. The maximum atomic E-state index is 12.5. The molecular weight excluding hydrogens is 282 g/mol. The molecule has 2 rings (SSSR count). The van der Waals surface area contributed by atoms with Crippen molar-refractivity contribution in [3.8, 4) is 0 Å². The van der Waals surface area contributed by atoms with Crippen LogP contribution in [-0.2, 0) is 16.6 Å². The Morgan fingerprint density at radius 1 is 1.50 bits per heavy atom. The molecule has 7 nitrogen and oxygen atoms in total. The molecule has 1 aliphatic heterocycles. The SMILES string of the molecule is CCC(CC)(CN)C(=O)NC1CCN(c2cnn(C)c2)C1=O. The van der Waals surface area contributed by atoms with Gasteiger partial charge in [0.15, 0.2) is 0 Å². The van der Waals surface area contributed by atoms with Gasteiger partial charge in [-0.2, -0.15) is 5.10 Å². The zero-order valence-electron chi connectivity index (χ0n) is 13.5. The second kappa shape index (κ2) is 6.48. The second-order valence-corrected chi connectivity index (χ2v) is 5.87. The first-order valence-corrected chi connectivity index (χ1v) is 7.78. The summed E-state index contributed by atoms with van der Waals surface area (Å²) in [6.45, 7) is 4.78. The molecule has 2 heterocycles. The summed E-state index contributed by atoms with van der Waals surface area (Å²) in [6.07, 6.45) is 5.39. The van der Waals surface area contributed by atoms with Crippen LogP contribution in [0.15, 0.2) is 12.4 Å². The van der Waals surface area contributed by atoms with Gasteiger partial charge in [-0.05, 0) is 19.3 Å². The average Bonchev–Trinajstić information content (AvgIpc) is 3.08. The molecule has 0 radical (unpaired) electrons. The Bertz CT molecular complexity index is 542. The molecule has 0 aromatic carbocycles. The Balaban J connectivity index is 2.06. The van der Waals surface area contributed by atoms with E-state index in [2.05, 4.69) is 10.4 Å². The first-order chi connectivity index (χ1) is 10.5. The highest BCUT2D eigenvalue weighted by Gasteiger charge is 2.39. The smallest absolute Gasteiger partial charge is 0.249 e. The highest BCUT2D eigenvalue weighted by atomic mass is 16.2. The van der Waals surface area contributed by atoms with Gasteiger partial charge in [0, 0.05) is 26.3 Å². The predicted octanol–water partition coefficient (Wildman–Crippen LogP) is 0.407. The Kier molecular flexibility index (Phi) is 4.85. The molecule has 0 aliphatic carbocycles. The largest absolute Gasteiger partial charge is 0.344 e. The molecule has 122 valence electrons. The number of rotatable bonds is 6. The van der Waals surface area contributed by atoms with Crippen LogP contribution < -0.4 is 16.0 Å². The number of carbonyl (C=O) groups excluding carboxylic acids is 2. The van der Waals surface area contributed by atoms with E-state index in [1.165, 1.54) is 0 Å². The van der Waals surface area contributed by atoms with Crippen molar-refractivity contribution in [2.75, 3.05) is 18.0 Å². The molecule has 1 aromatic heterocycles. The molecule has 1 saturated heterocycles. The van der Waals surface area contributed by atoms with E-state index in [9.17, 15) is 9.59 Å². The van der Waals surface area contributed by atoms with Gasteiger partial charge in [0.05, 0.1) is 17.3 Å². The highest BCUT2D eigenvalue weighted by molar-refractivity contribution is 6.01.